The van der Waals surface area contributed by atoms with E-state index < -0.39 is 5.25 Å². The molecular weight excluding hydrogens is 382 g/mol. The number of amides is 1. The third-order valence-electron chi connectivity index (χ3n) is 4.25. The number of halogens is 2. The van der Waals surface area contributed by atoms with Gasteiger partial charge >= 0.3 is 0 Å². The number of carbonyl (C=O) groups excluding carboxylic acids is 1. The van der Waals surface area contributed by atoms with Crippen molar-refractivity contribution in [2.75, 3.05) is 7.05 Å². The molecule has 1 atom stereocenters. The Hall–Kier alpha value is -2.74. The zero-order chi connectivity index (χ0) is 20.3. The van der Waals surface area contributed by atoms with Gasteiger partial charge in [-0.1, -0.05) is 23.9 Å². The smallest absolute Gasteiger partial charge is 0.235 e. The molecule has 0 fully saturated rings. The van der Waals surface area contributed by atoms with Crippen LogP contribution >= 0.6 is 11.8 Å². The van der Waals surface area contributed by atoms with Crippen LogP contribution in [0.2, 0.25) is 0 Å². The Labute approximate surface area is 166 Å². The standard InChI is InChI=1S/C20H20F2N4OS/c1-13(19(27)25(2)12-14-5-4-6-17(22)11-14)28-20-24-23-18(26(20)3)15-7-9-16(21)10-8-15/h4-11,13H,12H2,1-3H3/t13-/m1/s1. The topological polar surface area (TPSA) is 51.0 Å². The summed E-state index contributed by atoms with van der Waals surface area (Å²) in [5.41, 5.74) is 1.47. The first-order valence-electron chi connectivity index (χ1n) is 8.66. The van der Waals surface area contributed by atoms with Gasteiger partial charge in [-0.05, 0) is 48.9 Å². The van der Waals surface area contributed by atoms with Crippen molar-refractivity contribution in [1.29, 1.82) is 0 Å². The predicted octanol–water partition coefficient (Wildman–Crippen LogP) is 3.90. The third-order valence-corrected chi connectivity index (χ3v) is 5.37. The van der Waals surface area contributed by atoms with Crippen molar-refractivity contribution in [2.45, 2.75) is 23.9 Å². The average molecular weight is 402 g/mol. The van der Waals surface area contributed by atoms with E-state index in [1.165, 1.54) is 36.0 Å². The van der Waals surface area contributed by atoms with Gasteiger partial charge in [0.25, 0.3) is 0 Å². The van der Waals surface area contributed by atoms with Crippen molar-refractivity contribution in [3.8, 4) is 11.4 Å². The lowest BCUT2D eigenvalue weighted by Gasteiger charge is -2.21. The summed E-state index contributed by atoms with van der Waals surface area (Å²) in [5, 5.41) is 8.49. The van der Waals surface area contributed by atoms with Gasteiger partial charge < -0.3 is 9.47 Å². The van der Waals surface area contributed by atoms with Crippen LogP contribution in [0.15, 0.2) is 53.7 Å². The first-order valence-corrected chi connectivity index (χ1v) is 9.54. The maximum atomic E-state index is 13.3. The van der Waals surface area contributed by atoms with Crippen molar-refractivity contribution in [3.05, 3.63) is 65.7 Å². The minimum atomic E-state index is -0.400. The zero-order valence-corrected chi connectivity index (χ0v) is 16.6. The molecule has 28 heavy (non-hydrogen) atoms. The quantitative estimate of drug-likeness (QED) is 0.587. The van der Waals surface area contributed by atoms with Gasteiger partial charge in [-0.3, -0.25) is 4.79 Å². The Bertz CT molecular complexity index is 975. The zero-order valence-electron chi connectivity index (χ0n) is 15.8. The maximum Gasteiger partial charge on any atom is 0.235 e. The van der Waals surface area contributed by atoms with Gasteiger partial charge in [-0.2, -0.15) is 0 Å². The van der Waals surface area contributed by atoms with Crippen LogP contribution in [-0.2, 0) is 18.4 Å². The molecular formula is C20H20F2N4OS. The highest BCUT2D eigenvalue weighted by Crippen LogP contribution is 2.26. The normalized spacial score (nSPS) is 12.0. The van der Waals surface area contributed by atoms with E-state index in [1.54, 1.807) is 54.8 Å². The van der Waals surface area contributed by atoms with Crippen LogP contribution in [0.25, 0.3) is 11.4 Å². The van der Waals surface area contributed by atoms with E-state index in [1.807, 2.05) is 0 Å². The Morgan fingerprint density at radius 3 is 2.54 bits per heavy atom. The van der Waals surface area contributed by atoms with Gasteiger partial charge in [-0.15, -0.1) is 10.2 Å². The summed E-state index contributed by atoms with van der Waals surface area (Å²) in [5.74, 6) is -0.148. The molecule has 0 spiro atoms. The van der Waals surface area contributed by atoms with E-state index >= 15 is 0 Å². The van der Waals surface area contributed by atoms with Gasteiger partial charge in [0.2, 0.25) is 5.91 Å². The molecule has 0 bridgehead atoms. The summed E-state index contributed by atoms with van der Waals surface area (Å²) < 4.78 is 28.2. The van der Waals surface area contributed by atoms with E-state index in [-0.39, 0.29) is 17.5 Å². The van der Waals surface area contributed by atoms with Gasteiger partial charge in [0, 0.05) is 26.2 Å². The molecule has 8 heteroatoms. The number of thioether (sulfide) groups is 1. The second kappa shape index (κ2) is 8.52. The van der Waals surface area contributed by atoms with Crippen LogP contribution in [0.5, 0.6) is 0 Å². The summed E-state index contributed by atoms with van der Waals surface area (Å²) in [4.78, 5) is 14.2. The van der Waals surface area contributed by atoms with Gasteiger partial charge in [-0.25, -0.2) is 8.78 Å². The van der Waals surface area contributed by atoms with E-state index in [4.69, 9.17) is 0 Å². The SMILES string of the molecule is C[C@@H](Sc1nnc(-c2ccc(F)cc2)n1C)C(=O)N(C)Cc1cccc(F)c1. The summed E-state index contributed by atoms with van der Waals surface area (Å²) >= 11 is 1.29. The van der Waals surface area contributed by atoms with Crippen molar-refractivity contribution in [3.63, 3.8) is 0 Å². The first-order chi connectivity index (χ1) is 13.3. The van der Waals surface area contributed by atoms with Crippen LogP contribution in [0.4, 0.5) is 8.78 Å². The summed E-state index contributed by atoms with van der Waals surface area (Å²) in [6.07, 6.45) is 0. The lowest BCUT2D eigenvalue weighted by atomic mass is 10.2. The molecule has 0 aliphatic rings. The Kier molecular flexibility index (Phi) is 6.08. The average Bonchev–Trinajstić information content (AvgIpc) is 3.02. The summed E-state index contributed by atoms with van der Waals surface area (Å²) in [6.45, 7) is 2.11. The number of benzene rings is 2. The monoisotopic (exact) mass is 402 g/mol. The molecule has 0 aliphatic heterocycles. The van der Waals surface area contributed by atoms with Crippen molar-refractivity contribution < 1.29 is 13.6 Å². The van der Waals surface area contributed by atoms with Gasteiger partial charge in [0.1, 0.15) is 11.6 Å². The molecule has 1 amide bonds. The molecule has 0 unspecified atom stereocenters. The maximum absolute atomic E-state index is 13.3. The van der Waals surface area contributed by atoms with Gasteiger partial charge in [0.05, 0.1) is 5.25 Å². The highest BCUT2D eigenvalue weighted by Gasteiger charge is 2.22. The van der Waals surface area contributed by atoms with Crippen LogP contribution in [0.3, 0.4) is 0 Å². The number of nitrogens with zero attached hydrogens (tertiary/aromatic N) is 4. The molecule has 3 rings (SSSR count). The predicted molar refractivity (Wildman–Crippen MR) is 105 cm³/mol. The number of carbonyl (C=O) groups is 1. The highest BCUT2D eigenvalue weighted by molar-refractivity contribution is 8.00. The third kappa shape index (κ3) is 4.56. The molecule has 5 nitrogen and oxygen atoms in total. The largest absolute Gasteiger partial charge is 0.340 e. The molecule has 1 heterocycles. The lowest BCUT2D eigenvalue weighted by molar-refractivity contribution is -0.129. The van der Waals surface area contributed by atoms with Crippen LogP contribution < -0.4 is 0 Å². The Morgan fingerprint density at radius 1 is 1.14 bits per heavy atom. The number of rotatable bonds is 6. The summed E-state index contributed by atoms with van der Waals surface area (Å²) in [6, 6.07) is 12.2. The van der Waals surface area contributed by atoms with E-state index in [2.05, 4.69) is 10.2 Å². The molecule has 0 saturated heterocycles. The molecule has 146 valence electrons. The van der Waals surface area contributed by atoms with Gasteiger partial charge in [0.15, 0.2) is 11.0 Å². The molecule has 0 N–H and O–H groups in total. The van der Waals surface area contributed by atoms with Crippen LogP contribution in [0, 0.1) is 11.6 Å². The second-order valence-corrected chi connectivity index (χ2v) is 7.76. The Balaban J connectivity index is 1.67. The fourth-order valence-electron chi connectivity index (χ4n) is 2.77. The molecule has 0 aliphatic carbocycles. The molecule has 0 saturated carbocycles. The number of aromatic nitrogens is 3. The lowest BCUT2D eigenvalue weighted by Crippen LogP contribution is -2.33. The fraction of sp³-hybridized carbons (Fsp3) is 0.250. The molecule has 2 aromatic carbocycles. The first kappa shape index (κ1) is 20.0. The molecule has 1 aromatic heterocycles. The van der Waals surface area contributed by atoms with Crippen molar-refractivity contribution in [1.82, 2.24) is 19.7 Å². The molecule has 3 aromatic rings. The van der Waals surface area contributed by atoms with Crippen LogP contribution in [-0.4, -0.2) is 37.9 Å². The molecule has 0 radical (unpaired) electrons. The van der Waals surface area contributed by atoms with E-state index in [0.717, 1.165) is 11.1 Å². The Morgan fingerprint density at radius 2 is 1.86 bits per heavy atom. The van der Waals surface area contributed by atoms with E-state index in [9.17, 15) is 13.6 Å². The second-order valence-electron chi connectivity index (χ2n) is 6.46. The number of hydrogen-bond acceptors (Lipinski definition) is 4. The van der Waals surface area contributed by atoms with Crippen molar-refractivity contribution >= 4 is 17.7 Å². The van der Waals surface area contributed by atoms with E-state index in [0.29, 0.717) is 17.5 Å². The summed E-state index contributed by atoms with van der Waals surface area (Å²) in [7, 11) is 3.49. The number of hydrogen-bond donors (Lipinski definition) is 0. The van der Waals surface area contributed by atoms with Crippen LogP contribution in [0.1, 0.15) is 12.5 Å². The van der Waals surface area contributed by atoms with Crippen molar-refractivity contribution in [2.24, 2.45) is 7.05 Å². The minimum Gasteiger partial charge on any atom is -0.340 e. The highest BCUT2D eigenvalue weighted by atomic mass is 32.2. The fourth-order valence-corrected chi connectivity index (χ4v) is 3.70. The minimum absolute atomic E-state index is 0.0967.